The average Bonchev–Trinajstić information content (AvgIpc) is 3.05. The molecule has 7 nitrogen and oxygen atoms in total. The molecule has 7 heteroatoms. The molecule has 1 fully saturated rings. The molecule has 1 aromatic carbocycles. The van der Waals surface area contributed by atoms with E-state index in [2.05, 4.69) is 21.7 Å². The van der Waals surface area contributed by atoms with E-state index in [1.165, 1.54) is 0 Å². The highest BCUT2D eigenvalue weighted by Crippen LogP contribution is 2.27. The minimum atomic E-state index is -0.319. The minimum absolute atomic E-state index is 0.319. The molecule has 1 aliphatic rings. The average molecular weight is 389 g/mol. The molecule has 0 amide bonds. The van der Waals surface area contributed by atoms with Gasteiger partial charge in [-0.2, -0.15) is 0 Å². The fourth-order valence-electron chi connectivity index (χ4n) is 3.50. The fraction of sp³-hybridized carbons (Fsp3) is 0.571. The zero-order valence-electron chi connectivity index (χ0n) is 17.5. The van der Waals surface area contributed by atoms with Gasteiger partial charge in [0.25, 0.3) is 0 Å². The van der Waals surface area contributed by atoms with Crippen LogP contribution in [0.5, 0.6) is 5.75 Å². The van der Waals surface area contributed by atoms with E-state index in [9.17, 15) is 4.79 Å². The molecule has 0 aliphatic carbocycles. The second-order valence-corrected chi connectivity index (χ2v) is 7.72. The van der Waals surface area contributed by atoms with Gasteiger partial charge < -0.3 is 19.3 Å². The monoisotopic (exact) mass is 388 g/mol. The molecule has 0 spiro atoms. The van der Waals surface area contributed by atoms with Gasteiger partial charge in [-0.1, -0.05) is 0 Å². The maximum Gasteiger partial charge on any atom is 0.418 e. The van der Waals surface area contributed by atoms with Gasteiger partial charge in [0, 0.05) is 50.9 Å². The summed E-state index contributed by atoms with van der Waals surface area (Å²) in [6, 6.07) is 5.80. The zero-order valence-corrected chi connectivity index (χ0v) is 17.5. The summed E-state index contributed by atoms with van der Waals surface area (Å²) in [4.78, 5) is 19.5. The highest BCUT2D eigenvalue weighted by molar-refractivity contribution is 5.92. The number of ether oxygens (including phenoxy) is 2. The van der Waals surface area contributed by atoms with Crippen molar-refractivity contribution in [3.8, 4) is 5.75 Å². The molecular formula is C21H32N4O3. The minimum Gasteiger partial charge on any atom is -0.497 e. The number of fused-ring (bicyclic) bond motifs is 1. The van der Waals surface area contributed by atoms with Crippen molar-refractivity contribution >= 4 is 17.0 Å². The van der Waals surface area contributed by atoms with E-state index in [1.54, 1.807) is 11.7 Å². The summed E-state index contributed by atoms with van der Waals surface area (Å²) < 4.78 is 12.6. The van der Waals surface area contributed by atoms with Gasteiger partial charge in [0.05, 0.1) is 12.6 Å². The van der Waals surface area contributed by atoms with Crippen LogP contribution in [0, 0.1) is 0 Å². The first-order valence-electron chi connectivity index (χ1n) is 9.88. The molecule has 1 aromatic heterocycles. The molecule has 0 N–H and O–H groups in total. The standard InChI is InChI=1S/C21H32N4O3/c1-22(2)8-7-17-16-25(20-6-5-18(27-4)15-19(17)20)21(26)28-14-13-24-11-9-23(3)10-12-24/h5-6,15-16H,7-14H2,1-4H3. The van der Waals surface area contributed by atoms with Crippen molar-refractivity contribution in [1.29, 1.82) is 0 Å². The Hall–Kier alpha value is -2.09. The SMILES string of the molecule is COc1ccc2c(c1)c(CCN(C)C)cn2C(=O)OCCN1CCN(C)CC1. The Morgan fingerprint density at radius 2 is 1.93 bits per heavy atom. The molecule has 2 heterocycles. The number of piperazine rings is 1. The van der Waals surface area contributed by atoms with Crippen molar-refractivity contribution in [2.45, 2.75) is 6.42 Å². The number of nitrogens with zero attached hydrogens (tertiary/aromatic N) is 4. The van der Waals surface area contributed by atoms with Crippen molar-refractivity contribution < 1.29 is 14.3 Å². The van der Waals surface area contributed by atoms with Gasteiger partial charge in [0.2, 0.25) is 0 Å². The van der Waals surface area contributed by atoms with Gasteiger partial charge in [-0.15, -0.1) is 0 Å². The number of methoxy groups -OCH3 is 1. The van der Waals surface area contributed by atoms with Crippen molar-refractivity contribution in [3.05, 3.63) is 30.0 Å². The van der Waals surface area contributed by atoms with Gasteiger partial charge in [0.1, 0.15) is 12.4 Å². The van der Waals surface area contributed by atoms with Crippen LogP contribution in [0.3, 0.4) is 0 Å². The number of benzene rings is 1. The maximum absolute atomic E-state index is 12.7. The van der Waals surface area contributed by atoms with Gasteiger partial charge in [0.15, 0.2) is 0 Å². The molecule has 0 unspecified atom stereocenters. The molecule has 0 saturated carbocycles. The summed E-state index contributed by atoms with van der Waals surface area (Å²) in [7, 11) is 7.89. The van der Waals surface area contributed by atoms with E-state index in [4.69, 9.17) is 9.47 Å². The van der Waals surface area contributed by atoms with E-state index in [1.807, 2.05) is 38.5 Å². The van der Waals surface area contributed by atoms with Crippen molar-refractivity contribution in [2.24, 2.45) is 0 Å². The predicted octanol–water partition coefficient (Wildman–Crippen LogP) is 1.99. The first-order valence-corrected chi connectivity index (χ1v) is 9.88. The van der Waals surface area contributed by atoms with Crippen LogP contribution in [0.25, 0.3) is 10.9 Å². The van der Waals surface area contributed by atoms with Gasteiger partial charge in [-0.25, -0.2) is 4.79 Å². The predicted molar refractivity (Wildman–Crippen MR) is 111 cm³/mol. The van der Waals surface area contributed by atoms with Crippen molar-refractivity contribution in [1.82, 2.24) is 19.3 Å². The lowest BCUT2D eigenvalue weighted by Gasteiger charge is -2.32. The molecule has 1 aliphatic heterocycles. The number of aromatic nitrogens is 1. The molecule has 0 radical (unpaired) electrons. The lowest BCUT2D eigenvalue weighted by Crippen LogP contribution is -2.45. The summed E-state index contributed by atoms with van der Waals surface area (Å²) >= 11 is 0. The molecule has 3 rings (SSSR count). The molecule has 0 atom stereocenters. The Balaban J connectivity index is 1.69. The van der Waals surface area contributed by atoms with Crippen molar-refractivity contribution in [3.63, 3.8) is 0 Å². The highest BCUT2D eigenvalue weighted by atomic mass is 16.5. The van der Waals surface area contributed by atoms with Crippen LogP contribution in [0.2, 0.25) is 0 Å². The van der Waals surface area contributed by atoms with E-state index >= 15 is 0 Å². The molecular weight excluding hydrogens is 356 g/mol. The van der Waals surface area contributed by atoms with E-state index in [0.29, 0.717) is 6.61 Å². The molecule has 2 aromatic rings. The van der Waals surface area contributed by atoms with Gasteiger partial charge >= 0.3 is 6.09 Å². The normalized spacial score (nSPS) is 16.0. The van der Waals surface area contributed by atoms with Crippen LogP contribution in [0.15, 0.2) is 24.4 Å². The zero-order chi connectivity index (χ0) is 20.1. The van der Waals surface area contributed by atoms with Crippen LogP contribution in [0.4, 0.5) is 4.79 Å². The van der Waals surface area contributed by atoms with Crippen LogP contribution >= 0.6 is 0 Å². The Morgan fingerprint density at radius 1 is 1.18 bits per heavy atom. The Morgan fingerprint density at radius 3 is 2.61 bits per heavy atom. The van der Waals surface area contributed by atoms with Crippen LogP contribution < -0.4 is 4.74 Å². The third-order valence-electron chi connectivity index (χ3n) is 5.35. The van der Waals surface area contributed by atoms with E-state index in [0.717, 1.165) is 67.9 Å². The largest absolute Gasteiger partial charge is 0.497 e. The summed E-state index contributed by atoms with van der Waals surface area (Å²) in [6.45, 7) is 6.27. The van der Waals surface area contributed by atoms with E-state index in [-0.39, 0.29) is 6.09 Å². The number of rotatable bonds is 7. The summed E-state index contributed by atoms with van der Waals surface area (Å²) in [5.41, 5.74) is 1.98. The molecule has 154 valence electrons. The highest BCUT2D eigenvalue weighted by Gasteiger charge is 2.17. The van der Waals surface area contributed by atoms with Crippen LogP contribution in [-0.2, 0) is 11.2 Å². The number of carbonyl (C=O) groups is 1. The van der Waals surface area contributed by atoms with Crippen LogP contribution in [0.1, 0.15) is 5.56 Å². The van der Waals surface area contributed by atoms with E-state index < -0.39 is 0 Å². The second kappa shape index (κ2) is 9.41. The lowest BCUT2D eigenvalue weighted by atomic mass is 10.1. The van der Waals surface area contributed by atoms with Crippen molar-refractivity contribution in [2.75, 3.05) is 74.1 Å². The lowest BCUT2D eigenvalue weighted by molar-refractivity contribution is 0.105. The topological polar surface area (TPSA) is 50.2 Å². The summed E-state index contributed by atoms with van der Waals surface area (Å²) in [5, 5.41) is 1.04. The third kappa shape index (κ3) is 5.04. The smallest absolute Gasteiger partial charge is 0.418 e. The first kappa shape index (κ1) is 20.6. The Kier molecular flexibility index (Phi) is 6.93. The summed E-state index contributed by atoms with van der Waals surface area (Å²) in [5.74, 6) is 0.791. The maximum atomic E-state index is 12.7. The number of hydrogen-bond acceptors (Lipinski definition) is 6. The second-order valence-electron chi connectivity index (χ2n) is 7.72. The molecule has 28 heavy (non-hydrogen) atoms. The fourth-order valence-corrected chi connectivity index (χ4v) is 3.50. The number of likely N-dealkylation sites (N-methyl/N-ethyl adjacent to an activating group) is 2. The van der Waals surface area contributed by atoms with Gasteiger partial charge in [-0.3, -0.25) is 9.47 Å². The van der Waals surface area contributed by atoms with Gasteiger partial charge in [-0.05, 0) is 51.3 Å². The first-order chi connectivity index (χ1) is 13.5. The Labute approximate surface area is 167 Å². The quantitative estimate of drug-likeness (QED) is 0.723. The summed E-state index contributed by atoms with van der Waals surface area (Å²) in [6.07, 6.45) is 2.45. The Bertz CT molecular complexity index is 794. The number of hydrogen-bond donors (Lipinski definition) is 0. The third-order valence-corrected chi connectivity index (χ3v) is 5.35. The number of carbonyl (C=O) groups excluding carboxylic acids is 1. The van der Waals surface area contributed by atoms with Crippen LogP contribution in [-0.4, -0.2) is 99.5 Å². The molecule has 1 saturated heterocycles. The molecule has 0 bridgehead atoms.